The Morgan fingerprint density at radius 3 is 2.42 bits per heavy atom. The Morgan fingerprint density at radius 2 is 1.68 bits per heavy atom. The van der Waals surface area contributed by atoms with Crippen LogP contribution >= 0.6 is 0 Å². The van der Waals surface area contributed by atoms with Gasteiger partial charge in [-0.25, -0.2) is 4.79 Å². The molecule has 1 N–H and O–H groups in total. The van der Waals surface area contributed by atoms with E-state index >= 15 is 0 Å². The van der Waals surface area contributed by atoms with Crippen LogP contribution in [0.2, 0.25) is 0 Å². The molecule has 0 saturated carbocycles. The van der Waals surface area contributed by atoms with E-state index in [0.29, 0.717) is 5.56 Å². The molecule has 1 aliphatic rings. The van der Waals surface area contributed by atoms with E-state index in [4.69, 9.17) is 0 Å². The second-order valence-electron chi connectivity index (χ2n) is 8.20. The third kappa shape index (κ3) is 3.83. The zero-order valence-electron chi connectivity index (χ0n) is 17.9. The normalized spacial score (nSPS) is 18.5. The first kappa shape index (κ1) is 20.8. The highest BCUT2D eigenvalue weighted by molar-refractivity contribution is 6.12. The van der Waals surface area contributed by atoms with Gasteiger partial charge >= 0.3 is 6.03 Å². The lowest BCUT2D eigenvalue weighted by atomic mass is 9.88. The van der Waals surface area contributed by atoms with E-state index < -0.39 is 17.5 Å². The molecular weight excluding hydrogens is 388 g/mol. The standard InChI is InChI=1S/C26H26N2O3/c1-3-4-8-18-13-15-20(16-14-18)23(29)17-28-24(30)26(2,27-25(28)31)22-12-7-10-19-9-5-6-11-21(19)22/h5-7,9-16H,3-4,8,17H2,1-2H3,(H,27,31)/t26-/m0/s1. The summed E-state index contributed by atoms with van der Waals surface area (Å²) in [6.45, 7) is 3.56. The summed E-state index contributed by atoms with van der Waals surface area (Å²) in [5, 5.41) is 4.70. The lowest BCUT2D eigenvalue weighted by Gasteiger charge is -2.24. The van der Waals surface area contributed by atoms with Gasteiger partial charge in [0.25, 0.3) is 5.91 Å². The van der Waals surface area contributed by atoms with Gasteiger partial charge in [0.15, 0.2) is 5.78 Å². The summed E-state index contributed by atoms with van der Waals surface area (Å²) in [4.78, 5) is 39.8. The highest BCUT2D eigenvalue weighted by Gasteiger charge is 2.50. The molecule has 1 aliphatic heterocycles. The summed E-state index contributed by atoms with van der Waals surface area (Å²) in [5.41, 5.74) is 1.18. The smallest absolute Gasteiger partial charge is 0.319 e. The maximum Gasteiger partial charge on any atom is 0.325 e. The fourth-order valence-corrected chi connectivity index (χ4v) is 4.16. The Hall–Kier alpha value is -3.47. The number of aryl methyl sites for hydroxylation is 1. The van der Waals surface area contributed by atoms with Gasteiger partial charge in [0.05, 0.1) is 6.54 Å². The molecule has 3 aromatic rings. The molecule has 4 rings (SSSR count). The van der Waals surface area contributed by atoms with E-state index in [0.717, 1.165) is 40.5 Å². The molecular formula is C26H26N2O3. The number of urea groups is 1. The highest BCUT2D eigenvalue weighted by atomic mass is 16.2. The van der Waals surface area contributed by atoms with Crippen molar-refractivity contribution in [2.75, 3.05) is 6.54 Å². The van der Waals surface area contributed by atoms with E-state index in [2.05, 4.69) is 12.2 Å². The molecule has 3 aromatic carbocycles. The Bertz CT molecular complexity index is 1150. The molecule has 5 heteroatoms. The second-order valence-corrected chi connectivity index (χ2v) is 8.20. The van der Waals surface area contributed by atoms with E-state index in [1.165, 1.54) is 5.56 Å². The second kappa shape index (κ2) is 8.34. The van der Waals surface area contributed by atoms with E-state index in [1.807, 2.05) is 54.6 Å². The molecule has 1 fully saturated rings. The van der Waals surface area contributed by atoms with Gasteiger partial charge in [0.2, 0.25) is 0 Å². The van der Waals surface area contributed by atoms with Crippen molar-refractivity contribution >= 4 is 28.5 Å². The highest BCUT2D eigenvalue weighted by Crippen LogP contribution is 2.33. The molecule has 0 unspecified atom stereocenters. The van der Waals surface area contributed by atoms with Gasteiger partial charge in [-0.2, -0.15) is 0 Å². The zero-order chi connectivity index (χ0) is 22.0. The number of rotatable bonds is 7. The Labute approximate surface area is 182 Å². The number of amides is 3. The minimum absolute atomic E-state index is 0.257. The summed E-state index contributed by atoms with van der Waals surface area (Å²) in [7, 11) is 0. The number of nitrogens with one attached hydrogen (secondary N) is 1. The predicted octanol–water partition coefficient (Wildman–Crippen LogP) is 4.83. The van der Waals surface area contributed by atoms with E-state index in [-0.39, 0.29) is 12.3 Å². The first-order valence-corrected chi connectivity index (χ1v) is 10.7. The zero-order valence-corrected chi connectivity index (χ0v) is 17.9. The van der Waals surface area contributed by atoms with Gasteiger partial charge in [-0.3, -0.25) is 14.5 Å². The van der Waals surface area contributed by atoms with Crippen LogP contribution < -0.4 is 5.32 Å². The van der Waals surface area contributed by atoms with Gasteiger partial charge in [-0.05, 0) is 41.7 Å². The average molecular weight is 415 g/mol. The van der Waals surface area contributed by atoms with Gasteiger partial charge in [0.1, 0.15) is 5.54 Å². The molecule has 1 heterocycles. The topological polar surface area (TPSA) is 66.5 Å². The van der Waals surface area contributed by atoms with Crippen LogP contribution in [0.25, 0.3) is 10.8 Å². The van der Waals surface area contributed by atoms with Crippen molar-refractivity contribution in [3.05, 3.63) is 83.4 Å². The monoisotopic (exact) mass is 414 g/mol. The summed E-state index contributed by atoms with van der Waals surface area (Å²) >= 11 is 0. The minimum Gasteiger partial charge on any atom is -0.319 e. The van der Waals surface area contributed by atoms with Crippen LogP contribution in [-0.2, 0) is 16.8 Å². The van der Waals surface area contributed by atoms with Crippen molar-refractivity contribution < 1.29 is 14.4 Å². The predicted molar refractivity (Wildman–Crippen MR) is 121 cm³/mol. The van der Waals surface area contributed by atoms with Gasteiger partial charge < -0.3 is 5.32 Å². The number of benzene rings is 3. The first-order chi connectivity index (χ1) is 14.9. The molecule has 1 atom stereocenters. The molecule has 0 spiro atoms. The molecule has 0 bridgehead atoms. The quantitative estimate of drug-likeness (QED) is 0.445. The first-order valence-electron chi connectivity index (χ1n) is 10.7. The van der Waals surface area contributed by atoms with Crippen LogP contribution in [0.15, 0.2) is 66.7 Å². The molecule has 5 nitrogen and oxygen atoms in total. The van der Waals surface area contributed by atoms with Crippen LogP contribution in [-0.4, -0.2) is 29.2 Å². The third-order valence-electron chi connectivity index (χ3n) is 6.00. The number of hydrogen-bond donors (Lipinski definition) is 1. The maximum atomic E-state index is 13.3. The van der Waals surface area contributed by atoms with Crippen LogP contribution in [0.3, 0.4) is 0 Å². The van der Waals surface area contributed by atoms with Crippen LogP contribution in [0, 0.1) is 0 Å². The maximum absolute atomic E-state index is 13.3. The lowest BCUT2D eigenvalue weighted by Crippen LogP contribution is -2.41. The fourth-order valence-electron chi connectivity index (χ4n) is 4.16. The van der Waals surface area contributed by atoms with Crippen LogP contribution in [0.4, 0.5) is 4.79 Å². The van der Waals surface area contributed by atoms with Crippen molar-refractivity contribution in [3.63, 3.8) is 0 Å². The van der Waals surface area contributed by atoms with Crippen molar-refractivity contribution in [3.8, 4) is 0 Å². The molecule has 3 amide bonds. The van der Waals surface area contributed by atoms with Crippen LogP contribution in [0.1, 0.15) is 48.2 Å². The molecule has 1 saturated heterocycles. The number of fused-ring (bicyclic) bond motifs is 1. The third-order valence-corrected chi connectivity index (χ3v) is 6.00. The summed E-state index contributed by atoms with van der Waals surface area (Å²) < 4.78 is 0. The molecule has 0 aromatic heterocycles. The number of hydrogen-bond acceptors (Lipinski definition) is 3. The minimum atomic E-state index is -1.22. The Morgan fingerprint density at radius 1 is 0.968 bits per heavy atom. The number of carbonyl (C=O) groups excluding carboxylic acids is 3. The van der Waals surface area contributed by atoms with Crippen molar-refractivity contribution in [1.82, 2.24) is 10.2 Å². The Balaban J connectivity index is 1.56. The Kier molecular flexibility index (Phi) is 5.59. The van der Waals surface area contributed by atoms with Gasteiger partial charge in [0, 0.05) is 5.56 Å². The molecule has 0 aliphatic carbocycles. The molecule has 31 heavy (non-hydrogen) atoms. The molecule has 0 radical (unpaired) electrons. The lowest BCUT2D eigenvalue weighted by molar-refractivity contribution is -0.130. The van der Waals surface area contributed by atoms with E-state index in [1.54, 1.807) is 19.1 Å². The number of carbonyl (C=O) groups is 3. The summed E-state index contributed by atoms with van der Waals surface area (Å²) in [5.74, 6) is -0.672. The van der Waals surface area contributed by atoms with Crippen molar-refractivity contribution in [2.45, 2.75) is 38.6 Å². The van der Waals surface area contributed by atoms with Gasteiger partial charge in [-0.15, -0.1) is 0 Å². The summed E-state index contributed by atoms with van der Waals surface area (Å²) in [6, 6.07) is 20.3. The van der Waals surface area contributed by atoms with Gasteiger partial charge in [-0.1, -0.05) is 80.1 Å². The average Bonchev–Trinajstić information content (AvgIpc) is 3.01. The number of Topliss-reactive ketones (excluding diaryl/α,β-unsaturated/α-hetero) is 1. The number of ketones is 1. The number of imide groups is 1. The largest absolute Gasteiger partial charge is 0.325 e. The van der Waals surface area contributed by atoms with Crippen molar-refractivity contribution in [1.29, 1.82) is 0 Å². The van der Waals surface area contributed by atoms with Crippen LogP contribution in [0.5, 0.6) is 0 Å². The number of unbranched alkanes of at least 4 members (excludes halogenated alkanes) is 1. The fraction of sp³-hybridized carbons (Fsp3) is 0.269. The molecule has 158 valence electrons. The van der Waals surface area contributed by atoms with E-state index in [9.17, 15) is 14.4 Å². The summed E-state index contributed by atoms with van der Waals surface area (Å²) in [6.07, 6.45) is 3.19. The SMILES string of the molecule is CCCCc1ccc(C(=O)CN2C(=O)N[C@@](C)(c3cccc4ccccc34)C2=O)cc1. The number of nitrogens with zero attached hydrogens (tertiary/aromatic N) is 1. The van der Waals surface area contributed by atoms with Crippen molar-refractivity contribution in [2.24, 2.45) is 0 Å².